The van der Waals surface area contributed by atoms with Crippen LogP contribution in [0.25, 0.3) is 0 Å². The number of phenolic OH excluding ortho intramolecular Hbond substituents is 1. The first-order chi connectivity index (χ1) is 10.5. The van der Waals surface area contributed by atoms with Crippen molar-refractivity contribution in [2.24, 2.45) is 17.3 Å². The Hall–Kier alpha value is -1.39. The second kappa shape index (κ2) is 5.67. The number of phenols is 1. The summed E-state index contributed by atoms with van der Waals surface area (Å²) in [6, 6.07) is 4.96. The molecule has 0 heterocycles. The summed E-state index contributed by atoms with van der Waals surface area (Å²) in [5.41, 5.74) is 1.24. The van der Waals surface area contributed by atoms with E-state index in [1.54, 1.807) is 18.2 Å². The Bertz CT molecular complexity index is 582. The van der Waals surface area contributed by atoms with Crippen LogP contribution in [0.5, 0.6) is 5.75 Å². The van der Waals surface area contributed by atoms with E-state index in [0.29, 0.717) is 18.4 Å². The van der Waals surface area contributed by atoms with Crippen molar-refractivity contribution in [1.29, 1.82) is 0 Å². The molecule has 0 amide bonds. The summed E-state index contributed by atoms with van der Waals surface area (Å²) in [5, 5.41) is 29.3. The maximum atomic E-state index is 12.9. The van der Waals surface area contributed by atoms with E-state index in [-0.39, 0.29) is 35.4 Å². The molecule has 4 nitrogen and oxygen atoms in total. The predicted octanol–water partition coefficient (Wildman–Crippen LogP) is 2.30. The summed E-state index contributed by atoms with van der Waals surface area (Å²) in [5.74, 6) is 0.353. The lowest BCUT2D eigenvalue weighted by molar-refractivity contribution is 0.00202. The predicted molar refractivity (Wildman–Crippen MR) is 82.8 cm³/mol. The van der Waals surface area contributed by atoms with Gasteiger partial charge in [-0.2, -0.15) is 0 Å². The number of hydrogen-bond donors (Lipinski definition) is 3. The van der Waals surface area contributed by atoms with Crippen molar-refractivity contribution in [3.05, 3.63) is 29.3 Å². The zero-order valence-corrected chi connectivity index (χ0v) is 13.0. The van der Waals surface area contributed by atoms with Crippen LogP contribution in [0.1, 0.15) is 48.5 Å². The number of Topliss-reactive ketones (excluding diaryl/α,β-unsaturated/α-hetero) is 1. The molecule has 0 bridgehead atoms. The summed E-state index contributed by atoms with van der Waals surface area (Å²) < 4.78 is 0. The maximum Gasteiger partial charge on any atom is 0.166 e. The second-order valence-corrected chi connectivity index (χ2v) is 7.03. The third kappa shape index (κ3) is 2.34. The molecule has 2 aliphatic rings. The molecule has 1 aromatic rings. The number of aromatic hydroxyl groups is 1. The first kappa shape index (κ1) is 15.5. The highest BCUT2D eigenvalue weighted by molar-refractivity contribution is 6.00. The zero-order chi connectivity index (χ0) is 15.9. The molecule has 0 saturated heterocycles. The number of fused-ring (bicyclic) bond motifs is 1. The molecule has 4 atom stereocenters. The van der Waals surface area contributed by atoms with E-state index in [1.807, 2.05) is 6.92 Å². The summed E-state index contributed by atoms with van der Waals surface area (Å²) >= 11 is 0. The fourth-order valence-corrected chi connectivity index (χ4v) is 4.55. The molecule has 22 heavy (non-hydrogen) atoms. The summed E-state index contributed by atoms with van der Waals surface area (Å²) in [6.45, 7) is 2.04. The van der Waals surface area contributed by atoms with Gasteiger partial charge in [0.25, 0.3) is 0 Å². The van der Waals surface area contributed by atoms with E-state index in [1.165, 1.54) is 0 Å². The van der Waals surface area contributed by atoms with Gasteiger partial charge in [0.15, 0.2) is 5.78 Å². The summed E-state index contributed by atoms with van der Waals surface area (Å²) in [4.78, 5) is 12.9. The van der Waals surface area contributed by atoms with Gasteiger partial charge in [-0.3, -0.25) is 4.79 Å². The van der Waals surface area contributed by atoms with Crippen molar-refractivity contribution >= 4 is 5.78 Å². The second-order valence-electron chi connectivity index (χ2n) is 7.03. The molecule has 3 N–H and O–H groups in total. The molecule has 120 valence electrons. The molecule has 0 aliphatic heterocycles. The average Bonchev–Trinajstić information content (AvgIpc) is 2.76. The molecule has 0 radical (unpaired) electrons. The molecule has 1 aromatic carbocycles. The number of aryl methyl sites for hydroxylation is 1. The Morgan fingerprint density at radius 1 is 1.27 bits per heavy atom. The highest BCUT2D eigenvalue weighted by Gasteiger charge is 2.50. The third-order valence-corrected chi connectivity index (χ3v) is 5.91. The van der Waals surface area contributed by atoms with Crippen LogP contribution in [0.3, 0.4) is 0 Å². The van der Waals surface area contributed by atoms with Gasteiger partial charge in [0.1, 0.15) is 5.75 Å². The number of aliphatic hydroxyl groups excluding tert-OH is 2. The Balaban J connectivity index is 1.90. The number of carbonyl (C=O) groups excluding carboxylic acids is 1. The van der Waals surface area contributed by atoms with Gasteiger partial charge >= 0.3 is 0 Å². The number of carbonyl (C=O) groups is 1. The van der Waals surface area contributed by atoms with Crippen LogP contribution in [0.4, 0.5) is 0 Å². The smallest absolute Gasteiger partial charge is 0.166 e. The first-order valence-electron chi connectivity index (χ1n) is 8.12. The molecule has 4 unspecified atom stereocenters. The Kier molecular flexibility index (Phi) is 4.00. The van der Waals surface area contributed by atoms with Crippen LogP contribution in [-0.4, -0.2) is 33.8 Å². The quantitative estimate of drug-likeness (QED) is 0.800. The van der Waals surface area contributed by atoms with Crippen molar-refractivity contribution in [3.8, 4) is 5.75 Å². The minimum absolute atomic E-state index is 0.0371. The van der Waals surface area contributed by atoms with Crippen molar-refractivity contribution < 1.29 is 20.1 Å². The number of ketones is 1. The lowest BCUT2D eigenvalue weighted by atomic mass is 9.65. The summed E-state index contributed by atoms with van der Waals surface area (Å²) in [7, 11) is 0. The minimum Gasteiger partial charge on any atom is -0.508 e. The third-order valence-electron chi connectivity index (χ3n) is 5.91. The Morgan fingerprint density at radius 2 is 2.05 bits per heavy atom. The van der Waals surface area contributed by atoms with Gasteiger partial charge in [0.05, 0.1) is 6.10 Å². The van der Waals surface area contributed by atoms with E-state index < -0.39 is 6.10 Å². The monoisotopic (exact) mass is 304 g/mol. The molecule has 0 spiro atoms. The number of aliphatic hydroxyl groups is 2. The van der Waals surface area contributed by atoms with Crippen molar-refractivity contribution in [2.45, 2.75) is 45.1 Å². The van der Waals surface area contributed by atoms with Gasteiger partial charge in [0, 0.05) is 18.1 Å². The fraction of sp³-hybridized carbons (Fsp3) is 0.611. The standard InChI is InChI=1S/C18H24O4/c1-18(8-9-19)15(6-7-16(18)21)14-4-2-11-10-12(20)3-5-13(11)17(14)22/h3,5,10,14-16,19-21H,2,4,6-9H2,1H3. The van der Waals surface area contributed by atoms with Crippen LogP contribution in [-0.2, 0) is 6.42 Å². The number of rotatable bonds is 3. The molecular weight excluding hydrogens is 280 g/mol. The molecule has 0 aromatic heterocycles. The van der Waals surface area contributed by atoms with Crippen LogP contribution in [0, 0.1) is 17.3 Å². The van der Waals surface area contributed by atoms with Crippen LogP contribution < -0.4 is 0 Å². The van der Waals surface area contributed by atoms with E-state index in [4.69, 9.17) is 0 Å². The van der Waals surface area contributed by atoms with Crippen molar-refractivity contribution in [3.63, 3.8) is 0 Å². The number of hydrogen-bond acceptors (Lipinski definition) is 4. The molecule has 2 aliphatic carbocycles. The zero-order valence-electron chi connectivity index (χ0n) is 13.0. The van der Waals surface area contributed by atoms with Crippen LogP contribution in [0.2, 0.25) is 0 Å². The van der Waals surface area contributed by atoms with Crippen LogP contribution >= 0.6 is 0 Å². The largest absolute Gasteiger partial charge is 0.508 e. The molecular formula is C18H24O4. The Labute approximate surface area is 130 Å². The van der Waals surface area contributed by atoms with Gasteiger partial charge in [-0.25, -0.2) is 0 Å². The van der Waals surface area contributed by atoms with Gasteiger partial charge < -0.3 is 15.3 Å². The SMILES string of the molecule is CC1(CCO)C(O)CCC1C1CCc2cc(O)ccc2C1=O. The van der Waals surface area contributed by atoms with Gasteiger partial charge in [-0.1, -0.05) is 6.92 Å². The van der Waals surface area contributed by atoms with E-state index in [2.05, 4.69) is 0 Å². The van der Waals surface area contributed by atoms with Gasteiger partial charge in [-0.15, -0.1) is 0 Å². The van der Waals surface area contributed by atoms with Crippen molar-refractivity contribution in [2.75, 3.05) is 6.61 Å². The molecule has 3 rings (SSSR count). The lowest BCUT2D eigenvalue weighted by Gasteiger charge is -2.39. The minimum atomic E-state index is -0.446. The van der Waals surface area contributed by atoms with Gasteiger partial charge in [0.2, 0.25) is 0 Å². The van der Waals surface area contributed by atoms with E-state index in [9.17, 15) is 20.1 Å². The topological polar surface area (TPSA) is 77.8 Å². The van der Waals surface area contributed by atoms with E-state index in [0.717, 1.165) is 24.8 Å². The molecule has 1 fully saturated rings. The summed E-state index contributed by atoms with van der Waals surface area (Å²) in [6.07, 6.45) is 3.16. The normalized spacial score (nSPS) is 34.7. The maximum absolute atomic E-state index is 12.9. The highest BCUT2D eigenvalue weighted by Crippen LogP contribution is 2.51. The fourth-order valence-electron chi connectivity index (χ4n) is 4.55. The Morgan fingerprint density at radius 3 is 2.77 bits per heavy atom. The number of benzene rings is 1. The average molecular weight is 304 g/mol. The van der Waals surface area contributed by atoms with Crippen molar-refractivity contribution in [1.82, 2.24) is 0 Å². The van der Waals surface area contributed by atoms with Crippen LogP contribution in [0.15, 0.2) is 18.2 Å². The van der Waals surface area contributed by atoms with E-state index >= 15 is 0 Å². The first-order valence-corrected chi connectivity index (χ1v) is 8.12. The molecule has 1 saturated carbocycles. The molecule has 4 heteroatoms. The highest BCUT2D eigenvalue weighted by atomic mass is 16.3. The van der Waals surface area contributed by atoms with Gasteiger partial charge in [-0.05, 0) is 67.2 Å². The lowest BCUT2D eigenvalue weighted by Crippen LogP contribution is -2.41.